The summed E-state index contributed by atoms with van der Waals surface area (Å²) in [4.78, 5) is 11.1. The van der Waals surface area contributed by atoms with Crippen LogP contribution < -0.4 is 0 Å². The van der Waals surface area contributed by atoms with Gasteiger partial charge in [0.2, 0.25) is 0 Å². The average Bonchev–Trinajstić information content (AvgIpc) is 2.51. The predicted octanol–water partition coefficient (Wildman–Crippen LogP) is 1.77. The zero-order valence-corrected chi connectivity index (χ0v) is 14.3. The summed E-state index contributed by atoms with van der Waals surface area (Å²) in [6, 6.07) is 0. The van der Waals surface area contributed by atoms with E-state index in [0.717, 1.165) is 5.57 Å². The first-order valence-corrected chi connectivity index (χ1v) is 7.69. The van der Waals surface area contributed by atoms with E-state index in [1.165, 1.54) is 21.1 Å². The van der Waals surface area contributed by atoms with Crippen LogP contribution in [-0.2, 0) is 19.0 Å². The SMILES string of the molecule is C=C(C)CC(C(O)OC)(C(O)OC)[C@H]1C=C[C@H](OC(C)=O)CC1. The Morgan fingerprint density at radius 2 is 1.78 bits per heavy atom. The summed E-state index contributed by atoms with van der Waals surface area (Å²) >= 11 is 0. The summed E-state index contributed by atoms with van der Waals surface area (Å²) in [5.74, 6) is -0.545. The lowest BCUT2D eigenvalue weighted by atomic mass is 9.66. The maximum absolute atomic E-state index is 11.1. The van der Waals surface area contributed by atoms with Crippen molar-refractivity contribution in [3.8, 4) is 0 Å². The summed E-state index contributed by atoms with van der Waals surface area (Å²) in [6.07, 6.45) is 2.45. The molecule has 0 amide bonds. The molecule has 1 rings (SSSR count). The van der Waals surface area contributed by atoms with Crippen LogP contribution in [0.1, 0.15) is 33.1 Å². The Hall–Kier alpha value is -1.21. The Balaban J connectivity index is 3.13. The lowest BCUT2D eigenvalue weighted by molar-refractivity contribution is -0.270. The number of rotatable bonds is 8. The molecule has 0 saturated heterocycles. The predicted molar refractivity (Wildman–Crippen MR) is 85.3 cm³/mol. The van der Waals surface area contributed by atoms with Gasteiger partial charge in [-0.15, -0.1) is 6.58 Å². The first kappa shape index (κ1) is 19.8. The van der Waals surface area contributed by atoms with Crippen molar-refractivity contribution >= 4 is 5.97 Å². The summed E-state index contributed by atoms with van der Waals surface area (Å²) in [5.41, 5.74) is -0.278. The van der Waals surface area contributed by atoms with Gasteiger partial charge >= 0.3 is 5.97 Å². The first-order valence-electron chi connectivity index (χ1n) is 7.69. The van der Waals surface area contributed by atoms with Crippen LogP contribution in [0.25, 0.3) is 0 Å². The summed E-state index contributed by atoms with van der Waals surface area (Å²) in [7, 11) is 2.77. The van der Waals surface area contributed by atoms with Crippen LogP contribution in [0.3, 0.4) is 0 Å². The van der Waals surface area contributed by atoms with Crippen molar-refractivity contribution in [2.75, 3.05) is 14.2 Å². The van der Waals surface area contributed by atoms with E-state index in [1.54, 1.807) is 6.08 Å². The zero-order chi connectivity index (χ0) is 17.6. The van der Waals surface area contributed by atoms with Crippen LogP contribution in [-0.4, -0.2) is 49.1 Å². The molecule has 0 bridgehead atoms. The van der Waals surface area contributed by atoms with Gasteiger partial charge in [-0.1, -0.05) is 11.6 Å². The number of esters is 1. The summed E-state index contributed by atoms with van der Waals surface area (Å²) in [5, 5.41) is 20.9. The molecule has 0 heterocycles. The second-order valence-electron chi connectivity index (χ2n) is 6.14. The first-order chi connectivity index (χ1) is 10.8. The molecule has 132 valence electrons. The number of allylic oxidation sites excluding steroid dienone is 2. The molecule has 6 nitrogen and oxygen atoms in total. The molecule has 0 saturated carbocycles. The normalized spacial score (nSPS) is 26.2. The lowest BCUT2D eigenvalue weighted by Gasteiger charge is -2.46. The lowest BCUT2D eigenvalue weighted by Crippen LogP contribution is -2.52. The van der Waals surface area contributed by atoms with E-state index in [0.29, 0.717) is 19.3 Å². The van der Waals surface area contributed by atoms with E-state index in [9.17, 15) is 15.0 Å². The Kier molecular flexibility index (Phi) is 7.41. The van der Waals surface area contributed by atoms with Crippen LogP contribution in [0.5, 0.6) is 0 Å². The second-order valence-corrected chi connectivity index (χ2v) is 6.14. The standard InChI is InChI=1S/C17H28O6/c1-11(2)10-17(15(19)21-4,16(20)22-5)13-6-8-14(9-7-13)23-12(3)18/h6,8,13-16,19-20H,1,7,9-10H2,2-5H3/t13-,14-,15?,16?,17?/m0/s1. The molecule has 0 radical (unpaired) electrons. The number of hydrogen-bond acceptors (Lipinski definition) is 6. The molecule has 0 aliphatic heterocycles. The highest BCUT2D eigenvalue weighted by Crippen LogP contribution is 2.46. The minimum Gasteiger partial charge on any atom is -0.458 e. The average molecular weight is 328 g/mol. The molecule has 4 atom stereocenters. The van der Waals surface area contributed by atoms with Crippen molar-refractivity contribution in [1.82, 2.24) is 0 Å². The van der Waals surface area contributed by atoms with Gasteiger partial charge in [-0.05, 0) is 38.2 Å². The highest BCUT2D eigenvalue weighted by Gasteiger charge is 2.51. The Morgan fingerprint density at radius 1 is 1.22 bits per heavy atom. The van der Waals surface area contributed by atoms with Crippen molar-refractivity contribution in [1.29, 1.82) is 0 Å². The Morgan fingerprint density at radius 3 is 2.13 bits per heavy atom. The van der Waals surface area contributed by atoms with Gasteiger partial charge in [-0.25, -0.2) is 0 Å². The number of methoxy groups -OCH3 is 2. The Bertz CT molecular complexity index is 434. The molecule has 0 fully saturated rings. The fraction of sp³-hybridized carbons (Fsp3) is 0.706. The van der Waals surface area contributed by atoms with Crippen molar-refractivity contribution in [2.24, 2.45) is 11.3 Å². The van der Waals surface area contributed by atoms with Gasteiger partial charge in [-0.2, -0.15) is 0 Å². The maximum Gasteiger partial charge on any atom is 0.303 e. The quantitative estimate of drug-likeness (QED) is 0.401. The molecule has 1 aliphatic rings. The van der Waals surface area contributed by atoms with Gasteiger partial charge in [0.25, 0.3) is 0 Å². The van der Waals surface area contributed by atoms with E-state index in [4.69, 9.17) is 14.2 Å². The smallest absolute Gasteiger partial charge is 0.303 e. The fourth-order valence-corrected chi connectivity index (χ4v) is 3.31. The summed E-state index contributed by atoms with van der Waals surface area (Å²) in [6.45, 7) is 7.09. The van der Waals surface area contributed by atoms with Gasteiger partial charge in [0, 0.05) is 21.1 Å². The van der Waals surface area contributed by atoms with Crippen molar-refractivity contribution in [3.63, 3.8) is 0 Å². The van der Waals surface area contributed by atoms with Crippen LogP contribution in [0.2, 0.25) is 0 Å². The third-order valence-corrected chi connectivity index (χ3v) is 4.30. The van der Waals surface area contributed by atoms with E-state index in [-0.39, 0.29) is 18.0 Å². The molecular formula is C17H28O6. The minimum absolute atomic E-state index is 0.212. The van der Waals surface area contributed by atoms with Gasteiger partial charge in [-0.3, -0.25) is 4.79 Å². The van der Waals surface area contributed by atoms with Crippen molar-refractivity contribution in [3.05, 3.63) is 24.3 Å². The van der Waals surface area contributed by atoms with Crippen LogP contribution in [0, 0.1) is 11.3 Å². The van der Waals surface area contributed by atoms with Crippen molar-refractivity contribution in [2.45, 2.75) is 51.8 Å². The molecule has 0 aromatic rings. The second kappa shape index (κ2) is 8.59. The number of aliphatic hydroxyl groups is 2. The molecule has 0 spiro atoms. The van der Waals surface area contributed by atoms with E-state index < -0.39 is 18.0 Å². The largest absolute Gasteiger partial charge is 0.458 e. The molecule has 1 aliphatic carbocycles. The molecule has 0 aromatic heterocycles. The molecule has 2 N–H and O–H groups in total. The maximum atomic E-state index is 11.1. The number of carbonyl (C=O) groups excluding carboxylic acids is 1. The highest BCUT2D eigenvalue weighted by atomic mass is 16.6. The zero-order valence-electron chi connectivity index (χ0n) is 14.3. The molecule has 23 heavy (non-hydrogen) atoms. The van der Waals surface area contributed by atoms with Gasteiger partial charge in [0.05, 0.1) is 5.41 Å². The third kappa shape index (κ3) is 4.64. The molecule has 0 aromatic carbocycles. The number of hydrogen-bond donors (Lipinski definition) is 2. The molecule has 2 unspecified atom stereocenters. The summed E-state index contributed by atoms with van der Waals surface area (Å²) < 4.78 is 15.5. The number of aliphatic hydroxyl groups excluding tert-OH is 2. The molecule has 6 heteroatoms. The van der Waals surface area contributed by atoms with E-state index in [1.807, 2.05) is 13.0 Å². The van der Waals surface area contributed by atoms with Gasteiger partial charge in [0.1, 0.15) is 6.10 Å². The van der Waals surface area contributed by atoms with Gasteiger partial charge in [0.15, 0.2) is 12.6 Å². The van der Waals surface area contributed by atoms with Crippen LogP contribution >= 0.6 is 0 Å². The van der Waals surface area contributed by atoms with Gasteiger partial charge < -0.3 is 24.4 Å². The topological polar surface area (TPSA) is 85.2 Å². The van der Waals surface area contributed by atoms with E-state index >= 15 is 0 Å². The van der Waals surface area contributed by atoms with Crippen molar-refractivity contribution < 1.29 is 29.2 Å². The number of carbonyl (C=O) groups is 1. The van der Waals surface area contributed by atoms with Crippen LogP contribution in [0.15, 0.2) is 24.3 Å². The third-order valence-electron chi connectivity index (χ3n) is 4.30. The number of ether oxygens (including phenoxy) is 3. The fourth-order valence-electron chi connectivity index (χ4n) is 3.31. The van der Waals surface area contributed by atoms with Crippen LogP contribution in [0.4, 0.5) is 0 Å². The minimum atomic E-state index is -1.23. The highest BCUT2D eigenvalue weighted by molar-refractivity contribution is 5.66. The molecular weight excluding hydrogens is 300 g/mol. The monoisotopic (exact) mass is 328 g/mol. The Labute approximate surface area is 137 Å². The van der Waals surface area contributed by atoms with E-state index in [2.05, 4.69) is 6.58 Å².